The van der Waals surface area contributed by atoms with Crippen molar-refractivity contribution in [2.24, 2.45) is 17.0 Å². The number of nitrogens with one attached hydrogen (secondary N) is 1. The van der Waals surface area contributed by atoms with Gasteiger partial charge in [0.15, 0.2) is 6.04 Å². The van der Waals surface area contributed by atoms with E-state index in [2.05, 4.69) is 62.6 Å². The van der Waals surface area contributed by atoms with Crippen LogP contribution < -0.4 is 15.8 Å². The molecule has 164 valence electrons. The summed E-state index contributed by atoms with van der Waals surface area (Å²) in [6.45, 7) is 10.6. The van der Waals surface area contributed by atoms with Crippen LogP contribution in [-0.4, -0.2) is 20.4 Å². The number of hydrogen-bond acceptors (Lipinski definition) is 3. The smallest absolute Gasteiger partial charge is 0.282 e. The summed E-state index contributed by atoms with van der Waals surface area (Å²) < 4.78 is 22.7. The van der Waals surface area contributed by atoms with E-state index < -0.39 is 10.0 Å². The SMILES string of the molecule is CC(C)Cc1ccc([C@@H]([NH2+][C@H](C)C(=O)Nc2ccc(S(N)(=O)=O)cc2)C(C)C)cc1. The van der Waals surface area contributed by atoms with Gasteiger partial charge in [0.05, 0.1) is 4.90 Å². The van der Waals surface area contributed by atoms with Crippen LogP contribution in [0.1, 0.15) is 51.8 Å². The standard InChI is InChI=1S/C23H33N3O3S/c1-15(2)14-18-6-8-19(9-7-18)22(16(3)4)25-17(5)23(27)26-20-10-12-21(13-11-20)30(24,28)29/h6-13,15-17,22,25H,14H2,1-5H3,(H,26,27)(H2,24,28,29)/p+1/t17-,22+/m1/s1. The molecule has 0 spiro atoms. The molecule has 2 aromatic carbocycles. The highest BCUT2D eigenvalue weighted by molar-refractivity contribution is 7.89. The summed E-state index contributed by atoms with van der Waals surface area (Å²) in [5, 5.41) is 10.0. The molecule has 0 saturated heterocycles. The molecular formula is C23H34N3O3S+. The van der Waals surface area contributed by atoms with Crippen molar-refractivity contribution < 1.29 is 18.5 Å². The van der Waals surface area contributed by atoms with E-state index in [1.54, 1.807) is 0 Å². The first kappa shape index (κ1) is 24.1. The molecule has 2 rings (SSSR count). The average Bonchev–Trinajstić information content (AvgIpc) is 2.65. The molecule has 0 aliphatic heterocycles. The molecule has 0 fully saturated rings. The van der Waals surface area contributed by atoms with Crippen LogP contribution in [0.4, 0.5) is 5.69 Å². The number of carbonyl (C=O) groups is 1. The van der Waals surface area contributed by atoms with E-state index in [1.807, 2.05) is 6.92 Å². The summed E-state index contributed by atoms with van der Waals surface area (Å²) >= 11 is 0. The fourth-order valence-electron chi connectivity index (χ4n) is 3.45. The molecular weight excluding hydrogens is 398 g/mol. The van der Waals surface area contributed by atoms with Crippen molar-refractivity contribution in [1.29, 1.82) is 0 Å². The van der Waals surface area contributed by atoms with E-state index in [-0.39, 0.29) is 22.9 Å². The molecule has 2 aromatic rings. The van der Waals surface area contributed by atoms with Gasteiger partial charge >= 0.3 is 0 Å². The van der Waals surface area contributed by atoms with Gasteiger partial charge in [-0.1, -0.05) is 52.0 Å². The number of benzene rings is 2. The average molecular weight is 433 g/mol. The van der Waals surface area contributed by atoms with Gasteiger partial charge in [-0.25, -0.2) is 13.6 Å². The summed E-state index contributed by atoms with van der Waals surface area (Å²) in [6.07, 6.45) is 1.05. The van der Waals surface area contributed by atoms with Gasteiger partial charge in [0.25, 0.3) is 5.91 Å². The van der Waals surface area contributed by atoms with Crippen molar-refractivity contribution >= 4 is 21.6 Å². The first-order chi connectivity index (χ1) is 14.0. The summed E-state index contributed by atoms with van der Waals surface area (Å²) in [4.78, 5) is 12.7. The summed E-state index contributed by atoms with van der Waals surface area (Å²) in [7, 11) is -3.75. The molecule has 0 heterocycles. The molecule has 30 heavy (non-hydrogen) atoms. The highest BCUT2D eigenvalue weighted by Crippen LogP contribution is 2.20. The largest absolute Gasteiger partial charge is 0.330 e. The molecule has 0 unspecified atom stereocenters. The van der Waals surface area contributed by atoms with Crippen LogP contribution in [0.3, 0.4) is 0 Å². The van der Waals surface area contributed by atoms with Crippen molar-refractivity contribution in [3.63, 3.8) is 0 Å². The van der Waals surface area contributed by atoms with E-state index in [0.717, 1.165) is 6.42 Å². The summed E-state index contributed by atoms with van der Waals surface area (Å²) in [5.41, 5.74) is 3.06. The van der Waals surface area contributed by atoms with Gasteiger partial charge in [0.2, 0.25) is 10.0 Å². The molecule has 5 N–H and O–H groups in total. The lowest BCUT2D eigenvalue weighted by molar-refractivity contribution is -0.718. The van der Waals surface area contributed by atoms with Gasteiger partial charge in [0, 0.05) is 17.2 Å². The van der Waals surface area contributed by atoms with Crippen molar-refractivity contribution in [2.45, 2.75) is 58.0 Å². The number of rotatable bonds is 9. The minimum absolute atomic E-state index is 0.0147. The summed E-state index contributed by atoms with van der Waals surface area (Å²) in [6, 6.07) is 14.4. The number of anilines is 1. The fourth-order valence-corrected chi connectivity index (χ4v) is 3.96. The lowest BCUT2D eigenvalue weighted by Gasteiger charge is -2.23. The molecule has 1 amide bonds. The first-order valence-electron chi connectivity index (χ1n) is 10.3. The molecule has 2 atom stereocenters. The maximum Gasteiger partial charge on any atom is 0.282 e. The van der Waals surface area contributed by atoms with E-state index in [9.17, 15) is 13.2 Å². The predicted molar refractivity (Wildman–Crippen MR) is 120 cm³/mol. The monoisotopic (exact) mass is 432 g/mol. The van der Waals surface area contributed by atoms with E-state index in [0.29, 0.717) is 17.5 Å². The van der Waals surface area contributed by atoms with Crippen molar-refractivity contribution in [3.05, 3.63) is 59.7 Å². The lowest BCUT2D eigenvalue weighted by atomic mass is 9.93. The van der Waals surface area contributed by atoms with Crippen LogP contribution in [-0.2, 0) is 21.2 Å². The third-order valence-corrected chi connectivity index (χ3v) is 6.02. The second-order valence-corrected chi connectivity index (χ2v) is 10.2. The molecule has 0 aliphatic carbocycles. The topological polar surface area (TPSA) is 106 Å². The molecule has 0 aromatic heterocycles. The Bertz CT molecular complexity index is 937. The third-order valence-electron chi connectivity index (χ3n) is 5.09. The Labute approximate surface area is 180 Å². The van der Waals surface area contributed by atoms with Crippen LogP contribution >= 0.6 is 0 Å². The van der Waals surface area contributed by atoms with Crippen molar-refractivity contribution in [2.75, 3.05) is 5.32 Å². The number of nitrogens with two attached hydrogens (primary N) is 2. The second-order valence-electron chi connectivity index (χ2n) is 8.65. The van der Waals surface area contributed by atoms with Gasteiger partial charge in [-0.3, -0.25) is 4.79 Å². The van der Waals surface area contributed by atoms with Crippen LogP contribution in [0, 0.1) is 11.8 Å². The molecule has 7 heteroatoms. The van der Waals surface area contributed by atoms with Crippen LogP contribution in [0.5, 0.6) is 0 Å². The third kappa shape index (κ3) is 6.93. The number of amides is 1. The van der Waals surface area contributed by atoms with Crippen LogP contribution in [0.2, 0.25) is 0 Å². The van der Waals surface area contributed by atoms with Gasteiger partial charge in [0.1, 0.15) is 6.04 Å². The molecule has 0 bridgehead atoms. The van der Waals surface area contributed by atoms with E-state index >= 15 is 0 Å². The van der Waals surface area contributed by atoms with Crippen LogP contribution in [0.25, 0.3) is 0 Å². The number of hydrogen-bond donors (Lipinski definition) is 3. The Morgan fingerprint density at radius 3 is 2.00 bits per heavy atom. The molecule has 0 saturated carbocycles. The van der Waals surface area contributed by atoms with Crippen molar-refractivity contribution in [1.82, 2.24) is 0 Å². The normalized spacial score (nSPS) is 14.0. The number of quaternary nitrogens is 1. The Balaban J connectivity index is 2.05. The Morgan fingerprint density at radius 2 is 1.53 bits per heavy atom. The zero-order valence-corrected chi connectivity index (χ0v) is 19.2. The predicted octanol–water partition coefficient (Wildman–Crippen LogP) is 2.82. The summed E-state index contributed by atoms with van der Waals surface area (Å²) in [5.74, 6) is 0.830. The van der Waals surface area contributed by atoms with Gasteiger partial charge in [-0.05, 0) is 49.1 Å². The maximum atomic E-state index is 12.7. The highest BCUT2D eigenvalue weighted by atomic mass is 32.2. The number of carbonyl (C=O) groups excluding carboxylic acids is 1. The fraction of sp³-hybridized carbons (Fsp3) is 0.435. The molecule has 6 nitrogen and oxygen atoms in total. The molecule has 0 radical (unpaired) electrons. The van der Waals surface area contributed by atoms with E-state index in [1.165, 1.54) is 35.4 Å². The second kappa shape index (κ2) is 10.2. The quantitative estimate of drug-likeness (QED) is 0.567. The van der Waals surface area contributed by atoms with Gasteiger partial charge in [-0.2, -0.15) is 0 Å². The zero-order chi connectivity index (χ0) is 22.5. The van der Waals surface area contributed by atoms with Crippen LogP contribution in [0.15, 0.2) is 53.4 Å². The Kier molecular flexibility index (Phi) is 8.18. The van der Waals surface area contributed by atoms with Gasteiger partial charge in [-0.15, -0.1) is 0 Å². The highest BCUT2D eigenvalue weighted by Gasteiger charge is 2.26. The maximum absolute atomic E-state index is 12.7. The zero-order valence-electron chi connectivity index (χ0n) is 18.4. The minimum atomic E-state index is -3.75. The Hall–Kier alpha value is -2.22. The van der Waals surface area contributed by atoms with E-state index in [4.69, 9.17) is 5.14 Å². The minimum Gasteiger partial charge on any atom is -0.330 e. The molecule has 0 aliphatic rings. The van der Waals surface area contributed by atoms with Gasteiger partial charge < -0.3 is 10.6 Å². The Morgan fingerprint density at radius 1 is 0.967 bits per heavy atom. The van der Waals surface area contributed by atoms with Crippen molar-refractivity contribution in [3.8, 4) is 0 Å². The number of primary sulfonamides is 1. The number of sulfonamides is 1. The lowest BCUT2D eigenvalue weighted by Crippen LogP contribution is -2.93. The first-order valence-corrected chi connectivity index (χ1v) is 11.9.